The topological polar surface area (TPSA) is 19.6 Å². The first kappa shape index (κ1) is 61.7. The van der Waals surface area contributed by atoms with Gasteiger partial charge in [0.2, 0.25) is 0 Å². The molecule has 0 unspecified atom stereocenters. The largest absolute Gasteiger partial charge is 0.455 e. The number of para-hydroxylation sites is 4. The molecule has 0 fully saturated rings. The van der Waals surface area contributed by atoms with E-state index in [0.717, 1.165) is 72.8 Å². The van der Waals surface area contributed by atoms with Crippen LogP contribution in [0.15, 0.2) is 405 Å². The van der Waals surface area contributed by atoms with Gasteiger partial charge in [-0.05, 0) is 166 Å². The number of nitrogens with zero attached hydrogens (tertiary/aromatic N) is 2. The minimum absolute atomic E-state index is 0.908. The van der Waals surface area contributed by atoms with Crippen LogP contribution in [0, 0.1) is 0 Å². The van der Waals surface area contributed by atoms with Crippen LogP contribution in [0.4, 0.5) is 34.1 Å². The van der Waals surface area contributed by atoms with Gasteiger partial charge in [-0.25, -0.2) is 0 Å². The van der Waals surface area contributed by atoms with Crippen LogP contribution in [-0.2, 0) is 0 Å². The Morgan fingerprint density at radius 1 is 0.202 bits per heavy atom. The number of fused-ring (bicyclic) bond motifs is 12. The van der Waals surface area contributed by atoms with E-state index in [1.54, 1.807) is 0 Å². The maximum Gasteiger partial charge on any atom is 0.143 e. The molecule has 20 rings (SSSR count). The number of hydrogen-bond acceptors (Lipinski definition) is 4. The van der Waals surface area contributed by atoms with Gasteiger partial charge in [0.1, 0.15) is 11.2 Å². The molecule has 18 aromatic carbocycles. The summed E-state index contributed by atoms with van der Waals surface area (Å²) in [7, 11) is 0. The van der Waals surface area contributed by atoms with Crippen molar-refractivity contribution in [3.8, 4) is 66.8 Å². The lowest BCUT2D eigenvalue weighted by atomic mass is 9.97. The lowest BCUT2D eigenvalue weighted by molar-refractivity contribution is 0.670. The van der Waals surface area contributed by atoms with Gasteiger partial charge in [-0.1, -0.05) is 328 Å². The molecule has 0 aliphatic heterocycles. The summed E-state index contributed by atoms with van der Waals surface area (Å²) in [6.45, 7) is 0. The minimum atomic E-state index is 0.908. The van der Waals surface area contributed by atoms with E-state index in [9.17, 15) is 0 Å². The van der Waals surface area contributed by atoms with Gasteiger partial charge in [0.25, 0.3) is 0 Å². The number of anilines is 6. The highest BCUT2D eigenvalue weighted by Gasteiger charge is 2.22. The molecule has 0 aliphatic carbocycles. The van der Waals surface area contributed by atoms with Crippen LogP contribution in [0.2, 0.25) is 0 Å². The fraction of sp³-hybridized carbons (Fsp3) is 0. The SMILES string of the molecule is c1ccc(-c2ccc(-c3ccccc3N(c3ccc(-c4cccc5c4oc4ccccc45)cc3)c3ccc4c(ccc5ccccc54)c3)cc2)cc1.c1ccc(-c2ccc(-c3ccccc3N(c3ccc(-c4cccc5c4sc4ccccc45)cc3)c3ccc4c(ccc5ccccc54)c3)cc2)cc1. The van der Waals surface area contributed by atoms with Crippen molar-refractivity contribution in [2.45, 2.75) is 0 Å². The Bertz CT molecular complexity index is 6170. The molecular formula is C100H66N2OS. The molecule has 0 bridgehead atoms. The van der Waals surface area contributed by atoms with Crippen LogP contribution in [0.3, 0.4) is 0 Å². The van der Waals surface area contributed by atoms with E-state index in [2.05, 4.69) is 398 Å². The summed E-state index contributed by atoms with van der Waals surface area (Å²) in [4.78, 5) is 4.81. The average Bonchev–Trinajstić information content (AvgIpc) is 1.10. The second-order valence-electron chi connectivity index (χ2n) is 26.6. The molecule has 0 atom stereocenters. The van der Waals surface area contributed by atoms with E-state index >= 15 is 0 Å². The maximum atomic E-state index is 6.42. The lowest BCUT2D eigenvalue weighted by Crippen LogP contribution is -2.11. The van der Waals surface area contributed by atoms with E-state index < -0.39 is 0 Å². The number of hydrogen-bond donors (Lipinski definition) is 0. The summed E-state index contributed by atoms with van der Waals surface area (Å²) >= 11 is 1.88. The lowest BCUT2D eigenvalue weighted by Gasteiger charge is -2.28. The molecule has 0 radical (unpaired) electrons. The number of benzene rings is 18. The molecule has 2 aromatic heterocycles. The zero-order chi connectivity index (χ0) is 68.9. The Morgan fingerprint density at radius 3 is 1.11 bits per heavy atom. The van der Waals surface area contributed by atoms with Crippen LogP contribution < -0.4 is 9.80 Å². The average molecular weight is 1340 g/mol. The van der Waals surface area contributed by atoms with Crippen molar-refractivity contribution in [3.05, 3.63) is 400 Å². The van der Waals surface area contributed by atoms with Crippen molar-refractivity contribution in [1.82, 2.24) is 0 Å². The van der Waals surface area contributed by atoms with Gasteiger partial charge in [-0.2, -0.15) is 0 Å². The van der Waals surface area contributed by atoms with Crippen LogP contribution in [-0.4, -0.2) is 0 Å². The molecule has 20 aromatic rings. The summed E-state index contributed by atoms with van der Waals surface area (Å²) in [5, 5.41) is 14.9. The summed E-state index contributed by atoms with van der Waals surface area (Å²) in [6, 6.07) is 145. The second kappa shape index (κ2) is 26.6. The van der Waals surface area contributed by atoms with Crippen LogP contribution in [0.1, 0.15) is 0 Å². The first-order chi connectivity index (χ1) is 51.6. The van der Waals surface area contributed by atoms with E-state index in [1.165, 1.54) is 113 Å². The Hall–Kier alpha value is -13.4. The third-order valence-corrected chi connectivity index (χ3v) is 21.8. The van der Waals surface area contributed by atoms with Gasteiger partial charge in [-0.3, -0.25) is 0 Å². The van der Waals surface area contributed by atoms with Gasteiger partial charge in [-0.15, -0.1) is 11.3 Å². The first-order valence-corrected chi connectivity index (χ1v) is 36.3. The van der Waals surface area contributed by atoms with Crippen molar-refractivity contribution in [2.75, 3.05) is 9.80 Å². The Labute approximate surface area is 607 Å². The molecule has 0 saturated carbocycles. The van der Waals surface area contributed by atoms with Crippen LogP contribution >= 0.6 is 11.3 Å². The summed E-state index contributed by atoms with van der Waals surface area (Å²) < 4.78 is 9.07. The van der Waals surface area contributed by atoms with Crippen molar-refractivity contribution >= 4 is 131 Å². The molecule has 0 amide bonds. The summed E-state index contributed by atoms with van der Waals surface area (Å²) in [6.07, 6.45) is 0. The number of rotatable bonds is 12. The molecule has 0 N–H and O–H groups in total. The van der Waals surface area contributed by atoms with Crippen molar-refractivity contribution in [2.24, 2.45) is 0 Å². The summed E-state index contributed by atoms with van der Waals surface area (Å²) in [5.74, 6) is 0. The van der Waals surface area contributed by atoms with Crippen LogP contribution in [0.5, 0.6) is 0 Å². The zero-order valence-electron chi connectivity index (χ0n) is 56.8. The van der Waals surface area contributed by atoms with Gasteiger partial charge < -0.3 is 14.2 Å². The van der Waals surface area contributed by atoms with E-state index in [1.807, 2.05) is 23.5 Å². The Morgan fingerprint density at radius 2 is 0.558 bits per heavy atom. The van der Waals surface area contributed by atoms with Gasteiger partial charge in [0.05, 0.1) is 11.4 Å². The quantitative estimate of drug-likeness (QED) is 0.114. The monoisotopic (exact) mass is 1340 g/mol. The predicted molar refractivity (Wildman–Crippen MR) is 445 cm³/mol. The highest BCUT2D eigenvalue weighted by molar-refractivity contribution is 7.26. The highest BCUT2D eigenvalue weighted by atomic mass is 32.1. The minimum Gasteiger partial charge on any atom is -0.455 e. The van der Waals surface area contributed by atoms with E-state index in [0.29, 0.717) is 0 Å². The smallest absolute Gasteiger partial charge is 0.143 e. The normalized spacial score (nSPS) is 11.5. The Kier molecular flexibility index (Phi) is 15.8. The van der Waals surface area contributed by atoms with Crippen molar-refractivity contribution in [3.63, 3.8) is 0 Å². The fourth-order valence-corrected chi connectivity index (χ4v) is 16.7. The van der Waals surface area contributed by atoms with Gasteiger partial charge in [0.15, 0.2) is 0 Å². The zero-order valence-corrected chi connectivity index (χ0v) is 57.6. The number of furan rings is 1. The molecule has 2 heterocycles. The van der Waals surface area contributed by atoms with Gasteiger partial charge in [0, 0.05) is 70.4 Å². The van der Waals surface area contributed by atoms with Gasteiger partial charge >= 0.3 is 0 Å². The molecular weight excluding hydrogens is 1280 g/mol. The molecule has 104 heavy (non-hydrogen) atoms. The molecule has 0 aliphatic rings. The van der Waals surface area contributed by atoms with E-state index in [-0.39, 0.29) is 0 Å². The maximum absolute atomic E-state index is 6.42. The second-order valence-corrected chi connectivity index (χ2v) is 27.7. The summed E-state index contributed by atoms with van der Waals surface area (Å²) in [5.41, 5.74) is 22.7. The van der Waals surface area contributed by atoms with Crippen molar-refractivity contribution < 1.29 is 4.42 Å². The standard InChI is InChI=1S/C50H33NO.C50H33NS/c2*1-2-11-34(12-3-1)35-21-23-37(24-22-35)44-15-6-8-19-48(44)51(41-31-32-43-39(33-41)26-25-36-13-4-5-14-42(36)43)40-29-27-38(28-30-40)45-17-10-18-47-46-16-7-9-20-49(46)52-50(45)47/h2*1-33H. The fourth-order valence-electron chi connectivity index (χ4n) is 15.4. The Balaban J connectivity index is 0.000000143. The predicted octanol–water partition coefficient (Wildman–Crippen LogP) is 29.2. The molecule has 4 heteroatoms. The number of thiophene rings is 1. The first-order valence-electron chi connectivity index (χ1n) is 35.5. The molecule has 0 spiro atoms. The third kappa shape index (κ3) is 11.4. The third-order valence-electron chi connectivity index (χ3n) is 20.6. The highest BCUT2D eigenvalue weighted by Crippen LogP contribution is 2.48. The van der Waals surface area contributed by atoms with Crippen LogP contribution in [0.25, 0.3) is 152 Å². The molecule has 0 saturated heterocycles. The molecule has 488 valence electrons. The van der Waals surface area contributed by atoms with E-state index in [4.69, 9.17) is 4.42 Å². The molecule has 3 nitrogen and oxygen atoms in total. The van der Waals surface area contributed by atoms with Crippen molar-refractivity contribution in [1.29, 1.82) is 0 Å².